The molecule has 0 spiro atoms. The van der Waals surface area contributed by atoms with E-state index in [0.29, 0.717) is 12.8 Å². The van der Waals surface area contributed by atoms with Gasteiger partial charge in [0.2, 0.25) is 5.91 Å². The molecule has 1 heterocycles. The van der Waals surface area contributed by atoms with Crippen molar-refractivity contribution in [2.75, 3.05) is 11.9 Å². The topological polar surface area (TPSA) is 82.5 Å². The van der Waals surface area contributed by atoms with Gasteiger partial charge in [-0.25, -0.2) is 4.98 Å². The molecule has 2 aliphatic rings. The summed E-state index contributed by atoms with van der Waals surface area (Å²) in [4.78, 5) is 19.0. The fourth-order valence-corrected chi connectivity index (χ4v) is 6.73. The van der Waals surface area contributed by atoms with Crippen molar-refractivity contribution in [3.63, 3.8) is 0 Å². The third-order valence-corrected chi connectivity index (χ3v) is 8.46. The number of aromatic nitrogens is 1. The number of amides is 1. The molecule has 29 heavy (non-hydrogen) atoms. The van der Waals surface area contributed by atoms with Gasteiger partial charge in [0.1, 0.15) is 0 Å². The highest BCUT2D eigenvalue weighted by Gasteiger charge is 2.59. The first-order valence-electron chi connectivity index (χ1n) is 10.4. The molecule has 0 aliphatic heterocycles. The van der Waals surface area contributed by atoms with Crippen LogP contribution in [0.2, 0.25) is 0 Å². The second-order valence-electron chi connectivity index (χ2n) is 9.19. The molecule has 1 amide bonds. The summed E-state index contributed by atoms with van der Waals surface area (Å²) in [5.74, 6) is 0.0606. The van der Waals surface area contributed by atoms with Gasteiger partial charge in [-0.1, -0.05) is 32.0 Å². The third kappa shape index (κ3) is 3.41. The monoisotopic (exact) mass is 414 g/mol. The zero-order valence-corrected chi connectivity index (χ0v) is 18.1. The van der Waals surface area contributed by atoms with E-state index in [4.69, 9.17) is 4.98 Å². The lowest BCUT2D eigenvalue weighted by Gasteiger charge is -2.58. The van der Waals surface area contributed by atoms with Gasteiger partial charge in [-0.15, -0.1) is 11.3 Å². The summed E-state index contributed by atoms with van der Waals surface area (Å²) < 4.78 is 0. The number of aliphatic hydroxyl groups is 2. The number of anilines is 1. The van der Waals surface area contributed by atoms with Crippen molar-refractivity contribution in [1.82, 2.24) is 4.98 Å². The number of benzene rings is 1. The second kappa shape index (κ2) is 7.49. The Kier molecular flexibility index (Phi) is 5.30. The summed E-state index contributed by atoms with van der Waals surface area (Å²) in [6, 6.07) is 9.52. The van der Waals surface area contributed by atoms with Crippen LogP contribution < -0.4 is 5.32 Å². The van der Waals surface area contributed by atoms with Gasteiger partial charge in [0.25, 0.3) is 0 Å². The van der Waals surface area contributed by atoms with Gasteiger partial charge < -0.3 is 15.5 Å². The molecule has 1 fully saturated rings. The minimum Gasteiger partial charge on any atom is -0.396 e. The molecule has 0 saturated heterocycles. The number of hydrogen-bond donors (Lipinski definition) is 3. The number of nitrogens with zero attached hydrogens (tertiary/aromatic N) is 1. The number of thiazole rings is 1. The van der Waals surface area contributed by atoms with Crippen LogP contribution in [-0.4, -0.2) is 33.8 Å². The largest absolute Gasteiger partial charge is 0.396 e. The lowest BCUT2D eigenvalue weighted by Crippen LogP contribution is -2.57. The quantitative estimate of drug-likeness (QED) is 0.709. The Bertz CT molecular complexity index is 899. The highest BCUT2D eigenvalue weighted by molar-refractivity contribution is 7.11. The first-order valence-corrected chi connectivity index (χ1v) is 11.2. The van der Waals surface area contributed by atoms with E-state index >= 15 is 0 Å². The van der Waals surface area contributed by atoms with Gasteiger partial charge in [0.15, 0.2) is 0 Å². The maximum atomic E-state index is 13.0. The van der Waals surface area contributed by atoms with E-state index in [2.05, 4.69) is 12.2 Å². The lowest BCUT2D eigenvalue weighted by molar-refractivity contribution is -0.143. The van der Waals surface area contributed by atoms with Gasteiger partial charge >= 0.3 is 0 Å². The van der Waals surface area contributed by atoms with Gasteiger partial charge in [0.05, 0.1) is 23.4 Å². The van der Waals surface area contributed by atoms with Crippen molar-refractivity contribution in [3.8, 4) is 0 Å². The van der Waals surface area contributed by atoms with E-state index in [1.54, 1.807) is 11.3 Å². The van der Waals surface area contributed by atoms with Gasteiger partial charge in [-0.2, -0.15) is 0 Å². The number of carbonyl (C=O) groups excluding carboxylic acids is 1. The Morgan fingerprint density at radius 2 is 2.03 bits per heavy atom. The number of hydrogen-bond acceptors (Lipinski definition) is 5. The first kappa shape index (κ1) is 20.5. The molecule has 0 bridgehead atoms. The number of fused-ring (bicyclic) bond motifs is 2. The molecule has 5 nitrogen and oxygen atoms in total. The summed E-state index contributed by atoms with van der Waals surface area (Å²) in [7, 11) is 0. The third-order valence-electron chi connectivity index (χ3n) is 7.45. The zero-order chi connectivity index (χ0) is 20.8. The van der Waals surface area contributed by atoms with Crippen LogP contribution in [0.1, 0.15) is 54.6 Å². The van der Waals surface area contributed by atoms with Crippen molar-refractivity contribution in [3.05, 3.63) is 45.9 Å². The summed E-state index contributed by atoms with van der Waals surface area (Å²) in [5, 5.41) is 25.0. The number of para-hydroxylation sites is 1. The number of aliphatic hydroxyl groups excluding tert-OH is 2. The average Bonchev–Trinajstić information content (AvgIpc) is 3.07. The maximum absolute atomic E-state index is 13.0. The highest BCUT2D eigenvalue weighted by atomic mass is 32.1. The van der Waals surface area contributed by atoms with E-state index < -0.39 is 11.5 Å². The zero-order valence-electron chi connectivity index (χ0n) is 17.3. The molecule has 3 N–H and O–H groups in total. The normalized spacial score (nSPS) is 33.6. The Morgan fingerprint density at radius 3 is 2.72 bits per heavy atom. The molecule has 0 unspecified atom stereocenters. The van der Waals surface area contributed by atoms with E-state index in [1.807, 2.05) is 44.2 Å². The standard InChI is InChI=1S/C23H30N2O3S/c1-14-24-21-16(11-20(28)25-15-7-5-4-6-8-15)22(2)10-9-19(27)23(3,13-26)18(22)12-17(21)29-14/h4-8,16,18-19,26-27H,9-13H2,1-3H3,(H,25,28)/t16-,18-,19-,22+,23+/m1/s1. The Balaban J connectivity index is 1.70. The van der Waals surface area contributed by atoms with E-state index in [9.17, 15) is 15.0 Å². The minimum absolute atomic E-state index is 0.0171. The average molecular weight is 415 g/mol. The second-order valence-corrected chi connectivity index (χ2v) is 10.5. The molecule has 5 atom stereocenters. The van der Waals surface area contributed by atoms with Gasteiger partial charge in [0, 0.05) is 28.3 Å². The number of carbonyl (C=O) groups is 1. The van der Waals surface area contributed by atoms with Crippen molar-refractivity contribution in [2.45, 2.75) is 58.5 Å². The predicted molar refractivity (Wildman–Crippen MR) is 115 cm³/mol. The van der Waals surface area contributed by atoms with Crippen LogP contribution in [0.25, 0.3) is 0 Å². The molecule has 4 rings (SSSR count). The number of rotatable bonds is 4. The van der Waals surface area contributed by atoms with Gasteiger partial charge in [-0.05, 0) is 49.7 Å². The molecule has 156 valence electrons. The predicted octanol–water partition coefficient (Wildman–Crippen LogP) is 3.90. The number of aryl methyl sites for hydroxylation is 1. The number of nitrogens with one attached hydrogen (secondary N) is 1. The van der Waals surface area contributed by atoms with E-state index in [-0.39, 0.29) is 29.8 Å². The Hall–Kier alpha value is -1.76. The van der Waals surface area contributed by atoms with Crippen molar-refractivity contribution in [2.24, 2.45) is 16.7 Å². The van der Waals surface area contributed by atoms with Crippen LogP contribution in [0.3, 0.4) is 0 Å². The highest BCUT2D eigenvalue weighted by Crippen LogP contribution is 2.62. The molecule has 1 aromatic heterocycles. The SMILES string of the molecule is Cc1nc2c(s1)C[C@H]1[C@](C)(CO)[C@H](O)CC[C@@]1(C)[C@@H]2CC(=O)Nc1ccccc1. The van der Waals surface area contributed by atoms with Crippen LogP contribution >= 0.6 is 11.3 Å². The van der Waals surface area contributed by atoms with Crippen LogP contribution in [0, 0.1) is 23.7 Å². The summed E-state index contributed by atoms with van der Waals surface area (Å²) in [6.07, 6.45) is 2.10. The molecule has 2 aliphatic carbocycles. The summed E-state index contributed by atoms with van der Waals surface area (Å²) >= 11 is 1.69. The molecule has 1 saturated carbocycles. The molecule has 0 radical (unpaired) electrons. The fourth-order valence-electron chi connectivity index (χ4n) is 5.69. The Labute approximate surface area is 176 Å². The van der Waals surface area contributed by atoms with Crippen molar-refractivity contribution >= 4 is 22.9 Å². The van der Waals surface area contributed by atoms with Crippen LogP contribution in [-0.2, 0) is 11.2 Å². The van der Waals surface area contributed by atoms with Crippen LogP contribution in [0.4, 0.5) is 5.69 Å². The maximum Gasteiger partial charge on any atom is 0.225 e. The van der Waals surface area contributed by atoms with Crippen molar-refractivity contribution in [1.29, 1.82) is 0 Å². The summed E-state index contributed by atoms with van der Waals surface area (Å²) in [6.45, 7) is 6.19. The fraction of sp³-hybridized carbons (Fsp3) is 0.565. The van der Waals surface area contributed by atoms with Crippen molar-refractivity contribution < 1.29 is 15.0 Å². The lowest BCUT2D eigenvalue weighted by atomic mass is 9.47. The first-order chi connectivity index (χ1) is 13.8. The smallest absolute Gasteiger partial charge is 0.225 e. The minimum atomic E-state index is -0.573. The molecule has 1 aromatic carbocycles. The molecule has 6 heteroatoms. The summed E-state index contributed by atoms with van der Waals surface area (Å²) in [5.41, 5.74) is 1.07. The van der Waals surface area contributed by atoms with Gasteiger partial charge in [-0.3, -0.25) is 4.79 Å². The van der Waals surface area contributed by atoms with Crippen LogP contribution in [0.5, 0.6) is 0 Å². The molecule has 2 aromatic rings. The molecular formula is C23H30N2O3S. The van der Waals surface area contributed by atoms with E-state index in [1.165, 1.54) is 4.88 Å². The Morgan fingerprint density at radius 1 is 1.31 bits per heavy atom. The van der Waals surface area contributed by atoms with Crippen LogP contribution in [0.15, 0.2) is 30.3 Å². The molecular weight excluding hydrogens is 384 g/mol. The van der Waals surface area contributed by atoms with E-state index in [0.717, 1.165) is 29.2 Å².